The van der Waals surface area contributed by atoms with Crippen molar-refractivity contribution in [2.24, 2.45) is 5.73 Å². The summed E-state index contributed by atoms with van der Waals surface area (Å²) in [4.78, 5) is 2.02. The highest BCUT2D eigenvalue weighted by molar-refractivity contribution is 5.16. The first-order valence-corrected chi connectivity index (χ1v) is 5.75. The summed E-state index contributed by atoms with van der Waals surface area (Å²) in [6, 6.07) is 8.41. The molecule has 96 valence electrons. The molecule has 0 saturated heterocycles. The van der Waals surface area contributed by atoms with Gasteiger partial charge in [-0.2, -0.15) is 0 Å². The van der Waals surface area contributed by atoms with Crippen LogP contribution in [0.15, 0.2) is 34.9 Å². The molecule has 5 heteroatoms. The summed E-state index contributed by atoms with van der Waals surface area (Å²) in [5.74, 6) is 0.542. The number of aromatic nitrogens is 1. The maximum absolute atomic E-state index is 13.0. The smallest absolute Gasteiger partial charge is 0.151 e. The van der Waals surface area contributed by atoms with Gasteiger partial charge in [-0.3, -0.25) is 4.90 Å². The van der Waals surface area contributed by atoms with Gasteiger partial charge in [-0.05, 0) is 24.7 Å². The van der Waals surface area contributed by atoms with Crippen LogP contribution in [-0.4, -0.2) is 17.1 Å². The van der Waals surface area contributed by atoms with Gasteiger partial charge < -0.3 is 10.3 Å². The third-order valence-electron chi connectivity index (χ3n) is 2.58. The predicted octanol–water partition coefficient (Wildman–Crippen LogP) is 1.90. The monoisotopic (exact) mass is 249 g/mol. The first-order chi connectivity index (χ1) is 8.67. The van der Waals surface area contributed by atoms with E-state index in [1.54, 1.807) is 6.07 Å². The van der Waals surface area contributed by atoms with Crippen LogP contribution in [0.5, 0.6) is 0 Å². The van der Waals surface area contributed by atoms with Gasteiger partial charge in [0.25, 0.3) is 0 Å². The van der Waals surface area contributed by atoms with Crippen LogP contribution in [0.2, 0.25) is 0 Å². The summed E-state index contributed by atoms with van der Waals surface area (Å²) in [5.41, 5.74) is 7.12. The lowest BCUT2D eigenvalue weighted by atomic mass is 10.2. The molecule has 0 bridgehead atoms. The van der Waals surface area contributed by atoms with Crippen molar-refractivity contribution in [2.75, 3.05) is 7.05 Å². The van der Waals surface area contributed by atoms with Crippen molar-refractivity contribution < 1.29 is 8.91 Å². The molecule has 2 N–H and O–H groups in total. The van der Waals surface area contributed by atoms with Crippen molar-refractivity contribution in [2.45, 2.75) is 19.6 Å². The molecule has 18 heavy (non-hydrogen) atoms. The van der Waals surface area contributed by atoms with Crippen LogP contribution in [0.3, 0.4) is 0 Å². The molecule has 1 aromatic carbocycles. The Bertz CT molecular complexity index is 512. The molecular weight excluding hydrogens is 233 g/mol. The average molecular weight is 249 g/mol. The fourth-order valence-corrected chi connectivity index (χ4v) is 1.80. The van der Waals surface area contributed by atoms with E-state index in [0.717, 1.165) is 17.0 Å². The topological polar surface area (TPSA) is 55.3 Å². The van der Waals surface area contributed by atoms with Gasteiger partial charge in [-0.1, -0.05) is 17.3 Å². The Kier molecular flexibility index (Phi) is 4.07. The zero-order valence-corrected chi connectivity index (χ0v) is 10.3. The Labute approximate surface area is 105 Å². The maximum atomic E-state index is 13.0. The van der Waals surface area contributed by atoms with Crippen molar-refractivity contribution in [3.8, 4) is 0 Å². The lowest BCUT2D eigenvalue weighted by Gasteiger charge is -2.14. The van der Waals surface area contributed by atoms with Gasteiger partial charge in [-0.25, -0.2) is 4.39 Å². The molecular formula is C13H16FN3O. The van der Waals surface area contributed by atoms with E-state index in [-0.39, 0.29) is 5.82 Å². The minimum Gasteiger partial charge on any atom is -0.360 e. The molecule has 0 atom stereocenters. The van der Waals surface area contributed by atoms with Crippen LogP contribution in [-0.2, 0) is 19.6 Å². The third-order valence-corrected chi connectivity index (χ3v) is 2.58. The molecule has 2 aromatic rings. The highest BCUT2D eigenvalue weighted by atomic mass is 19.1. The van der Waals surface area contributed by atoms with E-state index >= 15 is 0 Å². The summed E-state index contributed by atoms with van der Waals surface area (Å²) < 4.78 is 18.2. The number of hydrogen-bond acceptors (Lipinski definition) is 4. The molecule has 0 amide bonds. The highest BCUT2D eigenvalue weighted by Gasteiger charge is 2.07. The fourth-order valence-electron chi connectivity index (χ4n) is 1.80. The Morgan fingerprint density at radius 1 is 1.33 bits per heavy atom. The summed E-state index contributed by atoms with van der Waals surface area (Å²) in [6.07, 6.45) is 0. The highest BCUT2D eigenvalue weighted by Crippen LogP contribution is 2.10. The van der Waals surface area contributed by atoms with Crippen LogP contribution < -0.4 is 5.73 Å². The van der Waals surface area contributed by atoms with Crippen molar-refractivity contribution in [1.29, 1.82) is 0 Å². The van der Waals surface area contributed by atoms with E-state index in [4.69, 9.17) is 10.3 Å². The Hall–Kier alpha value is -1.72. The number of hydrogen-bond donors (Lipinski definition) is 1. The normalized spacial score (nSPS) is 11.1. The van der Waals surface area contributed by atoms with E-state index < -0.39 is 0 Å². The summed E-state index contributed by atoms with van der Waals surface area (Å²) in [7, 11) is 1.94. The van der Waals surface area contributed by atoms with Crippen LogP contribution in [0, 0.1) is 5.82 Å². The van der Waals surface area contributed by atoms with Crippen molar-refractivity contribution in [3.63, 3.8) is 0 Å². The van der Waals surface area contributed by atoms with Crippen LogP contribution in [0.25, 0.3) is 0 Å². The molecule has 0 radical (unpaired) electrons. The first kappa shape index (κ1) is 12.7. The van der Waals surface area contributed by atoms with Crippen molar-refractivity contribution in [3.05, 3.63) is 53.2 Å². The summed E-state index contributed by atoms with van der Waals surface area (Å²) >= 11 is 0. The number of benzene rings is 1. The SMILES string of the molecule is CN(Cc1cccc(F)c1)Cc1cc(CN)no1. The second-order valence-electron chi connectivity index (χ2n) is 4.29. The van der Waals surface area contributed by atoms with Gasteiger partial charge >= 0.3 is 0 Å². The number of nitrogens with two attached hydrogens (primary N) is 1. The summed E-state index contributed by atoms with van der Waals surface area (Å²) in [5, 5.41) is 3.82. The predicted molar refractivity (Wildman–Crippen MR) is 66.0 cm³/mol. The molecule has 0 saturated carbocycles. The van der Waals surface area contributed by atoms with E-state index in [1.165, 1.54) is 12.1 Å². The summed E-state index contributed by atoms with van der Waals surface area (Å²) in [6.45, 7) is 1.64. The van der Waals surface area contributed by atoms with Gasteiger partial charge in [0.05, 0.1) is 12.2 Å². The molecule has 1 aromatic heterocycles. The quantitative estimate of drug-likeness (QED) is 0.879. The zero-order chi connectivity index (χ0) is 13.0. The van der Waals surface area contributed by atoms with Crippen LogP contribution in [0.4, 0.5) is 4.39 Å². The van der Waals surface area contributed by atoms with E-state index in [2.05, 4.69) is 5.16 Å². The van der Waals surface area contributed by atoms with Gasteiger partial charge in [0.2, 0.25) is 0 Å². The van der Waals surface area contributed by atoms with E-state index in [9.17, 15) is 4.39 Å². The van der Waals surface area contributed by atoms with Crippen molar-refractivity contribution in [1.82, 2.24) is 10.1 Å². The average Bonchev–Trinajstić information content (AvgIpc) is 2.76. The van der Waals surface area contributed by atoms with Gasteiger partial charge in [0.1, 0.15) is 5.82 Å². The molecule has 0 fully saturated rings. The second-order valence-corrected chi connectivity index (χ2v) is 4.29. The number of nitrogens with zero attached hydrogens (tertiary/aromatic N) is 2. The molecule has 4 nitrogen and oxygen atoms in total. The molecule has 0 unspecified atom stereocenters. The van der Waals surface area contributed by atoms with Crippen molar-refractivity contribution >= 4 is 0 Å². The lowest BCUT2D eigenvalue weighted by molar-refractivity contribution is 0.265. The Balaban J connectivity index is 1.94. The largest absolute Gasteiger partial charge is 0.360 e. The zero-order valence-electron chi connectivity index (χ0n) is 10.3. The van der Waals surface area contributed by atoms with Crippen LogP contribution >= 0.6 is 0 Å². The molecule has 1 heterocycles. The van der Waals surface area contributed by atoms with Gasteiger partial charge in [0.15, 0.2) is 5.76 Å². The molecule has 2 rings (SSSR count). The first-order valence-electron chi connectivity index (χ1n) is 5.75. The second kappa shape index (κ2) is 5.75. The molecule has 0 aliphatic rings. The molecule has 0 aliphatic carbocycles. The van der Waals surface area contributed by atoms with E-state index in [0.29, 0.717) is 19.6 Å². The van der Waals surface area contributed by atoms with Gasteiger partial charge in [0, 0.05) is 19.2 Å². The number of halogens is 1. The standard InChI is InChI=1S/C13H16FN3O/c1-17(8-10-3-2-4-11(14)5-10)9-13-6-12(7-15)16-18-13/h2-6H,7-9,15H2,1H3. The minimum atomic E-state index is -0.217. The number of rotatable bonds is 5. The lowest BCUT2D eigenvalue weighted by Crippen LogP contribution is -2.16. The van der Waals surface area contributed by atoms with E-state index in [1.807, 2.05) is 24.1 Å². The third kappa shape index (κ3) is 3.38. The van der Waals surface area contributed by atoms with Gasteiger partial charge in [-0.15, -0.1) is 0 Å². The minimum absolute atomic E-state index is 0.217. The molecule has 0 aliphatic heterocycles. The maximum Gasteiger partial charge on any atom is 0.151 e. The Morgan fingerprint density at radius 2 is 2.17 bits per heavy atom. The Morgan fingerprint density at radius 3 is 2.83 bits per heavy atom. The van der Waals surface area contributed by atoms with Crippen LogP contribution in [0.1, 0.15) is 17.0 Å². The molecule has 0 spiro atoms. The fraction of sp³-hybridized carbons (Fsp3) is 0.308.